The maximum atomic E-state index is 12.0. The molecule has 0 saturated carbocycles. The molecule has 0 unspecified atom stereocenters. The van der Waals surface area contributed by atoms with Gasteiger partial charge >= 0.3 is 0 Å². The molecule has 5 nitrogen and oxygen atoms in total. The van der Waals surface area contributed by atoms with E-state index in [1.165, 1.54) is 16.9 Å². The first-order chi connectivity index (χ1) is 8.85. The van der Waals surface area contributed by atoms with E-state index in [1.54, 1.807) is 25.4 Å². The Balaban J connectivity index is 2.14. The predicted molar refractivity (Wildman–Crippen MR) is 75.9 cm³/mol. The number of benzene rings is 1. The van der Waals surface area contributed by atoms with Crippen LogP contribution in [-0.2, 0) is 22.8 Å². The first-order valence-corrected chi connectivity index (χ1v) is 7.69. The summed E-state index contributed by atoms with van der Waals surface area (Å²) < 4.78 is 27.8. The Bertz CT molecular complexity index is 698. The van der Waals surface area contributed by atoms with E-state index in [1.807, 2.05) is 0 Å². The zero-order valence-corrected chi connectivity index (χ0v) is 12.3. The van der Waals surface area contributed by atoms with E-state index in [4.69, 9.17) is 23.2 Å². The SMILES string of the molecule is Cn1cc(NS(=O)(=O)Cc2ccc(Cl)c(Cl)c2)cn1. The highest BCUT2D eigenvalue weighted by atomic mass is 35.5. The van der Waals surface area contributed by atoms with Crippen molar-refractivity contribution in [1.29, 1.82) is 0 Å². The summed E-state index contributed by atoms with van der Waals surface area (Å²) in [6.07, 6.45) is 3.01. The molecule has 1 heterocycles. The molecule has 0 saturated heterocycles. The summed E-state index contributed by atoms with van der Waals surface area (Å²) in [5.74, 6) is -0.182. The van der Waals surface area contributed by atoms with Gasteiger partial charge in [-0.05, 0) is 17.7 Å². The smallest absolute Gasteiger partial charge is 0.237 e. The number of hydrogen-bond acceptors (Lipinski definition) is 3. The number of aromatic nitrogens is 2. The lowest BCUT2D eigenvalue weighted by atomic mass is 10.2. The van der Waals surface area contributed by atoms with Gasteiger partial charge in [0.1, 0.15) is 0 Å². The number of aryl methyl sites for hydroxylation is 1. The fourth-order valence-corrected chi connectivity index (χ4v) is 3.01. The van der Waals surface area contributed by atoms with E-state index >= 15 is 0 Å². The summed E-state index contributed by atoms with van der Waals surface area (Å²) in [6, 6.07) is 4.72. The van der Waals surface area contributed by atoms with Crippen molar-refractivity contribution in [2.24, 2.45) is 7.05 Å². The second-order valence-electron chi connectivity index (χ2n) is 4.01. The Morgan fingerprint density at radius 1 is 1.32 bits per heavy atom. The molecule has 0 aliphatic heterocycles. The van der Waals surface area contributed by atoms with Crippen molar-refractivity contribution >= 4 is 38.9 Å². The van der Waals surface area contributed by atoms with Crippen molar-refractivity contribution < 1.29 is 8.42 Å². The molecule has 102 valence electrons. The number of sulfonamides is 1. The number of halogens is 2. The molecule has 0 spiro atoms. The van der Waals surface area contributed by atoms with Gasteiger partial charge in [-0.3, -0.25) is 9.40 Å². The monoisotopic (exact) mass is 319 g/mol. The first-order valence-electron chi connectivity index (χ1n) is 5.29. The lowest BCUT2D eigenvalue weighted by Gasteiger charge is -2.06. The molecule has 0 radical (unpaired) electrons. The molecule has 0 bridgehead atoms. The largest absolute Gasteiger partial charge is 0.280 e. The van der Waals surface area contributed by atoms with E-state index < -0.39 is 10.0 Å². The summed E-state index contributed by atoms with van der Waals surface area (Å²) in [6.45, 7) is 0. The van der Waals surface area contributed by atoms with Crippen LogP contribution in [0.5, 0.6) is 0 Å². The molecule has 1 aromatic carbocycles. The van der Waals surface area contributed by atoms with Gasteiger partial charge in [-0.15, -0.1) is 0 Å². The molecule has 2 aromatic rings. The normalized spacial score (nSPS) is 11.5. The molecule has 19 heavy (non-hydrogen) atoms. The van der Waals surface area contributed by atoms with Gasteiger partial charge in [0.25, 0.3) is 0 Å². The number of anilines is 1. The second kappa shape index (κ2) is 5.40. The van der Waals surface area contributed by atoms with Gasteiger partial charge in [0.05, 0.1) is 27.7 Å². The molecule has 0 aliphatic rings. The Labute approximate surface area is 121 Å². The lowest BCUT2D eigenvalue weighted by Crippen LogP contribution is -2.14. The highest BCUT2D eigenvalue weighted by molar-refractivity contribution is 7.91. The van der Waals surface area contributed by atoms with Crippen LogP contribution in [0.4, 0.5) is 5.69 Å². The molecule has 1 N–H and O–H groups in total. The third kappa shape index (κ3) is 3.86. The van der Waals surface area contributed by atoms with Crippen LogP contribution in [0.15, 0.2) is 30.6 Å². The molecule has 0 fully saturated rings. The molecule has 0 aliphatic carbocycles. The molecular formula is C11H11Cl2N3O2S. The topological polar surface area (TPSA) is 64.0 Å². The van der Waals surface area contributed by atoms with Crippen LogP contribution in [-0.4, -0.2) is 18.2 Å². The standard InChI is InChI=1S/C11H11Cl2N3O2S/c1-16-6-9(5-14-16)15-19(17,18)7-8-2-3-10(12)11(13)4-8/h2-6,15H,7H2,1H3. The van der Waals surface area contributed by atoms with E-state index in [0.29, 0.717) is 21.3 Å². The van der Waals surface area contributed by atoms with Gasteiger partial charge < -0.3 is 0 Å². The number of nitrogens with zero attached hydrogens (tertiary/aromatic N) is 2. The minimum atomic E-state index is -3.51. The number of hydrogen-bond donors (Lipinski definition) is 1. The van der Waals surface area contributed by atoms with Crippen LogP contribution in [0.25, 0.3) is 0 Å². The third-order valence-electron chi connectivity index (χ3n) is 2.32. The fourth-order valence-electron chi connectivity index (χ4n) is 1.54. The van der Waals surface area contributed by atoms with Crippen molar-refractivity contribution in [3.05, 3.63) is 46.2 Å². The lowest BCUT2D eigenvalue weighted by molar-refractivity contribution is 0.600. The minimum Gasteiger partial charge on any atom is -0.280 e. The molecule has 0 atom stereocenters. The van der Waals surface area contributed by atoms with Crippen LogP contribution in [0, 0.1) is 0 Å². The molecule has 1 aromatic heterocycles. The van der Waals surface area contributed by atoms with Gasteiger partial charge in [-0.25, -0.2) is 8.42 Å². The van der Waals surface area contributed by atoms with Crippen molar-refractivity contribution in [3.63, 3.8) is 0 Å². The van der Waals surface area contributed by atoms with Crippen molar-refractivity contribution in [2.75, 3.05) is 4.72 Å². The second-order valence-corrected chi connectivity index (χ2v) is 6.55. The summed E-state index contributed by atoms with van der Waals surface area (Å²) in [5.41, 5.74) is 0.980. The van der Waals surface area contributed by atoms with Crippen LogP contribution in [0.2, 0.25) is 10.0 Å². The molecule has 0 amide bonds. The number of nitrogens with one attached hydrogen (secondary N) is 1. The van der Waals surface area contributed by atoms with Crippen LogP contribution in [0.3, 0.4) is 0 Å². The van der Waals surface area contributed by atoms with Crippen LogP contribution >= 0.6 is 23.2 Å². The van der Waals surface area contributed by atoms with Gasteiger partial charge in [0.2, 0.25) is 10.0 Å². The minimum absolute atomic E-state index is 0.182. The van der Waals surface area contributed by atoms with Crippen molar-refractivity contribution in [3.8, 4) is 0 Å². The summed E-state index contributed by atoms with van der Waals surface area (Å²) >= 11 is 11.6. The zero-order chi connectivity index (χ0) is 14.0. The predicted octanol–water partition coefficient (Wildman–Crippen LogP) is 2.67. The Morgan fingerprint density at radius 2 is 2.05 bits per heavy atom. The van der Waals surface area contributed by atoms with Gasteiger partial charge in [0, 0.05) is 13.2 Å². The fraction of sp³-hybridized carbons (Fsp3) is 0.182. The quantitative estimate of drug-likeness (QED) is 0.942. The maximum Gasteiger partial charge on any atom is 0.237 e. The van der Waals surface area contributed by atoms with Gasteiger partial charge in [-0.2, -0.15) is 5.10 Å². The Morgan fingerprint density at radius 3 is 2.63 bits per heavy atom. The van der Waals surface area contributed by atoms with Gasteiger partial charge in [0.15, 0.2) is 0 Å². The van der Waals surface area contributed by atoms with Crippen molar-refractivity contribution in [2.45, 2.75) is 5.75 Å². The average molecular weight is 320 g/mol. The summed E-state index contributed by atoms with van der Waals surface area (Å²) in [5, 5.41) is 4.61. The van der Waals surface area contributed by atoms with Gasteiger partial charge in [-0.1, -0.05) is 29.3 Å². The Kier molecular flexibility index (Phi) is 4.03. The van der Waals surface area contributed by atoms with E-state index in [9.17, 15) is 8.42 Å². The highest BCUT2D eigenvalue weighted by Crippen LogP contribution is 2.23. The summed E-state index contributed by atoms with van der Waals surface area (Å²) in [7, 11) is -1.80. The molecule has 8 heteroatoms. The van der Waals surface area contributed by atoms with Crippen LogP contribution in [0.1, 0.15) is 5.56 Å². The zero-order valence-electron chi connectivity index (χ0n) is 9.97. The van der Waals surface area contributed by atoms with E-state index in [0.717, 1.165) is 0 Å². The molecule has 2 rings (SSSR count). The highest BCUT2D eigenvalue weighted by Gasteiger charge is 2.13. The van der Waals surface area contributed by atoms with E-state index in [2.05, 4.69) is 9.82 Å². The van der Waals surface area contributed by atoms with Crippen LogP contribution < -0.4 is 4.72 Å². The van der Waals surface area contributed by atoms with E-state index in [-0.39, 0.29) is 5.75 Å². The van der Waals surface area contributed by atoms with Crippen molar-refractivity contribution in [1.82, 2.24) is 9.78 Å². The number of rotatable bonds is 4. The third-order valence-corrected chi connectivity index (χ3v) is 4.32. The Hall–Kier alpha value is -1.24. The maximum absolute atomic E-state index is 12.0. The average Bonchev–Trinajstić information content (AvgIpc) is 2.68. The molecular weight excluding hydrogens is 309 g/mol. The summed E-state index contributed by atoms with van der Waals surface area (Å²) in [4.78, 5) is 0. The first kappa shape index (κ1) is 14.2.